The third-order valence-corrected chi connectivity index (χ3v) is 3.38. The molecule has 3 aromatic rings. The van der Waals surface area contributed by atoms with E-state index in [0.29, 0.717) is 5.82 Å². The Morgan fingerprint density at radius 1 is 1.05 bits per heavy atom. The molecule has 0 amide bonds. The van der Waals surface area contributed by atoms with Gasteiger partial charge in [-0.1, -0.05) is 35.9 Å². The summed E-state index contributed by atoms with van der Waals surface area (Å²) >= 11 is 0. The molecule has 0 fully saturated rings. The topological polar surface area (TPSA) is 48.1 Å². The molecule has 3 rings (SSSR count). The van der Waals surface area contributed by atoms with Gasteiger partial charge in [0.15, 0.2) is 0 Å². The first-order valence-electron chi connectivity index (χ1n) is 6.49. The summed E-state index contributed by atoms with van der Waals surface area (Å²) in [5.74, 6) is 1.37. The van der Waals surface area contributed by atoms with Crippen molar-refractivity contribution >= 4 is 16.6 Å². The zero-order chi connectivity index (χ0) is 14.1. The molecule has 2 aromatic carbocycles. The van der Waals surface area contributed by atoms with Gasteiger partial charge >= 0.3 is 0 Å². The molecule has 0 atom stereocenters. The number of ether oxygens (including phenoxy) is 1. The van der Waals surface area contributed by atoms with Crippen molar-refractivity contribution in [2.75, 3.05) is 12.8 Å². The van der Waals surface area contributed by atoms with Crippen molar-refractivity contribution in [3.8, 4) is 17.0 Å². The largest absolute Gasteiger partial charge is 0.497 e. The Bertz CT molecular complexity index is 781. The standard InChI is InChI=1S/C17H16N2O/c1-11-6-7-15-13(8-11)10-16(19-17(15)18)12-4-3-5-14(9-12)20-2/h3-10H,1-2H3,(H2,18,19). The first kappa shape index (κ1) is 12.5. The summed E-state index contributed by atoms with van der Waals surface area (Å²) in [4.78, 5) is 4.50. The van der Waals surface area contributed by atoms with E-state index in [1.54, 1.807) is 7.11 Å². The Balaban J connectivity index is 2.20. The van der Waals surface area contributed by atoms with Crippen LogP contribution in [0.25, 0.3) is 22.0 Å². The van der Waals surface area contributed by atoms with Gasteiger partial charge in [-0.15, -0.1) is 0 Å². The van der Waals surface area contributed by atoms with E-state index < -0.39 is 0 Å². The van der Waals surface area contributed by atoms with Crippen molar-refractivity contribution < 1.29 is 4.74 Å². The number of aromatic nitrogens is 1. The van der Waals surface area contributed by atoms with Crippen LogP contribution in [0.4, 0.5) is 5.82 Å². The third-order valence-electron chi connectivity index (χ3n) is 3.38. The molecule has 0 bridgehead atoms. The fraction of sp³-hybridized carbons (Fsp3) is 0.118. The molecular formula is C17H16N2O. The molecule has 100 valence electrons. The fourth-order valence-electron chi connectivity index (χ4n) is 2.33. The lowest BCUT2D eigenvalue weighted by molar-refractivity contribution is 0.415. The second-order valence-electron chi connectivity index (χ2n) is 4.85. The molecule has 0 unspecified atom stereocenters. The van der Waals surface area contributed by atoms with E-state index in [2.05, 4.69) is 24.0 Å². The number of nitrogens with two attached hydrogens (primary N) is 1. The molecular weight excluding hydrogens is 248 g/mol. The summed E-state index contributed by atoms with van der Waals surface area (Å²) in [7, 11) is 1.66. The predicted octanol–water partition coefficient (Wildman–Crippen LogP) is 3.80. The second kappa shape index (κ2) is 4.85. The molecule has 3 nitrogen and oxygen atoms in total. The number of anilines is 1. The molecule has 20 heavy (non-hydrogen) atoms. The van der Waals surface area contributed by atoms with Crippen LogP contribution >= 0.6 is 0 Å². The molecule has 0 saturated carbocycles. The average Bonchev–Trinajstić information content (AvgIpc) is 2.46. The molecule has 1 aromatic heterocycles. The van der Waals surface area contributed by atoms with Gasteiger partial charge in [0, 0.05) is 10.9 Å². The molecule has 0 aliphatic heterocycles. The van der Waals surface area contributed by atoms with Crippen LogP contribution < -0.4 is 10.5 Å². The van der Waals surface area contributed by atoms with E-state index in [-0.39, 0.29) is 0 Å². The third kappa shape index (κ3) is 2.18. The van der Waals surface area contributed by atoms with E-state index in [0.717, 1.165) is 27.8 Å². The van der Waals surface area contributed by atoms with Crippen molar-refractivity contribution in [3.05, 3.63) is 54.1 Å². The lowest BCUT2D eigenvalue weighted by Gasteiger charge is -2.08. The Morgan fingerprint density at radius 3 is 2.70 bits per heavy atom. The van der Waals surface area contributed by atoms with Gasteiger partial charge in [0.25, 0.3) is 0 Å². The normalized spacial score (nSPS) is 10.7. The van der Waals surface area contributed by atoms with E-state index in [1.165, 1.54) is 5.56 Å². The number of pyridine rings is 1. The maximum absolute atomic E-state index is 6.07. The fourth-order valence-corrected chi connectivity index (χ4v) is 2.33. The van der Waals surface area contributed by atoms with Crippen molar-refractivity contribution in [1.82, 2.24) is 4.98 Å². The number of nitrogen functional groups attached to an aromatic ring is 1. The summed E-state index contributed by atoms with van der Waals surface area (Å²) in [6.45, 7) is 2.07. The second-order valence-corrected chi connectivity index (χ2v) is 4.85. The highest BCUT2D eigenvalue weighted by molar-refractivity contribution is 5.94. The Kier molecular flexibility index (Phi) is 3.03. The highest BCUT2D eigenvalue weighted by atomic mass is 16.5. The highest BCUT2D eigenvalue weighted by Crippen LogP contribution is 2.28. The average molecular weight is 264 g/mol. The van der Waals surface area contributed by atoms with Crippen molar-refractivity contribution in [3.63, 3.8) is 0 Å². The molecule has 0 radical (unpaired) electrons. The van der Waals surface area contributed by atoms with Gasteiger partial charge < -0.3 is 10.5 Å². The molecule has 1 heterocycles. The molecule has 0 aliphatic carbocycles. The van der Waals surface area contributed by atoms with Crippen molar-refractivity contribution in [1.29, 1.82) is 0 Å². The van der Waals surface area contributed by atoms with Crippen LogP contribution in [0.15, 0.2) is 48.5 Å². The van der Waals surface area contributed by atoms with E-state index in [4.69, 9.17) is 10.5 Å². The summed E-state index contributed by atoms with van der Waals surface area (Å²) in [6.07, 6.45) is 0. The van der Waals surface area contributed by atoms with Crippen LogP contribution in [0.1, 0.15) is 5.56 Å². The highest BCUT2D eigenvalue weighted by Gasteiger charge is 2.06. The summed E-state index contributed by atoms with van der Waals surface area (Å²) in [6, 6.07) is 16.1. The minimum atomic E-state index is 0.556. The maximum atomic E-state index is 6.07. The zero-order valence-electron chi connectivity index (χ0n) is 11.6. The Labute approximate surface area is 118 Å². The van der Waals surface area contributed by atoms with E-state index in [9.17, 15) is 0 Å². The van der Waals surface area contributed by atoms with E-state index in [1.807, 2.05) is 36.4 Å². The molecule has 2 N–H and O–H groups in total. The molecule has 3 heteroatoms. The van der Waals surface area contributed by atoms with E-state index >= 15 is 0 Å². The van der Waals surface area contributed by atoms with Gasteiger partial charge in [0.1, 0.15) is 11.6 Å². The first-order chi connectivity index (χ1) is 9.67. The van der Waals surface area contributed by atoms with Crippen molar-refractivity contribution in [2.24, 2.45) is 0 Å². The molecule has 0 spiro atoms. The number of rotatable bonds is 2. The quantitative estimate of drug-likeness (QED) is 0.765. The minimum absolute atomic E-state index is 0.556. The van der Waals surface area contributed by atoms with Crippen LogP contribution in [0.3, 0.4) is 0 Å². The van der Waals surface area contributed by atoms with Gasteiger partial charge in [0.05, 0.1) is 12.8 Å². The predicted molar refractivity (Wildman–Crippen MR) is 82.9 cm³/mol. The number of fused-ring (bicyclic) bond motifs is 1. The van der Waals surface area contributed by atoms with Crippen LogP contribution in [0.5, 0.6) is 5.75 Å². The van der Waals surface area contributed by atoms with Gasteiger partial charge in [-0.2, -0.15) is 0 Å². The lowest BCUT2D eigenvalue weighted by Crippen LogP contribution is -1.95. The first-order valence-corrected chi connectivity index (χ1v) is 6.49. The van der Waals surface area contributed by atoms with Gasteiger partial charge in [0.2, 0.25) is 0 Å². The summed E-state index contributed by atoms with van der Waals surface area (Å²) in [5.41, 5.74) is 9.14. The van der Waals surface area contributed by atoms with Crippen LogP contribution in [-0.2, 0) is 0 Å². The number of aryl methyl sites for hydroxylation is 1. The molecule has 0 saturated heterocycles. The lowest BCUT2D eigenvalue weighted by atomic mass is 10.0. The Hall–Kier alpha value is -2.55. The van der Waals surface area contributed by atoms with Crippen LogP contribution in [0, 0.1) is 6.92 Å². The number of hydrogen-bond acceptors (Lipinski definition) is 3. The summed E-state index contributed by atoms with van der Waals surface area (Å²) in [5, 5.41) is 2.09. The van der Waals surface area contributed by atoms with Crippen LogP contribution in [-0.4, -0.2) is 12.1 Å². The minimum Gasteiger partial charge on any atom is -0.497 e. The van der Waals surface area contributed by atoms with Gasteiger partial charge in [-0.05, 0) is 30.5 Å². The van der Waals surface area contributed by atoms with Crippen molar-refractivity contribution in [2.45, 2.75) is 6.92 Å². The Morgan fingerprint density at radius 2 is 1.90 bits per heavy atom. The van der Waals surface area contributed by atoms with Gasteiger partial charge in [-0.25, -0.2) is 4.98 Å². The number of benzene rings is 2. The number of methoxy groups -OCH3 is 1. The molecule has 0 aliphatic rings. The summed E-state index contributed by atoms with van der Waals surface area (Å²) < 4.78 is 5.25. The van der Waals surface area contributed by atoms with Crippen LogP contribution in [0.2, 0.25) is 0 Å². The van der Waals surface area contributed by atoms with Gasteiger partial charge in [-0.3, -0.25) is 0 Å². The maximum Gasteiger partial charge on any atom is 0.131 e. The number of nitrogens with zero attached hydrogens (tertiary/aromatic N) is 1. The number of hydrogen-bond donors (Lipinski definition) is 1. The smallest absolute Gasteiger partial charge is 0.131 e. The SMILES string of the molecule is COc1cccc(-c2cc3cc(C)ccc3c(N)n2)c1. The monoisotopic (exact) mass is 264 g/mol. The zero-order valence-corrected chi connectivity index (χ0v) is 11.6.